The molecule has 0 radical (unpaired) electrons. The number of methoxy groups -OCH3 is 1. The van der Waals surface area contributed by atoms with Gasteiger partial charge >= 0.3 is 0 Å². The van der Waals surface area contributed by atoms with Crippen LogP contribution in [0.3, 0.4) is 0 Å². The first kappa shape index (κ1) is 13.2. The summed E-state index contributed by atoms with van der Waals surface area (Å²) >= 11 is 7.70. The lowest BCUT2D eigenvalue weighted by Gasteiger charge is -2.01. The molecule has 2 aromatic carbocycles. The third-order valence-electron chi connectivity index (χ3n) is 2.95. The van der Waals surface area contributed by atoms with Crippen molar-refractivity contribution in [3.63, 3.8) is 0 Å². The Labute approximate surface area is 126 Å². The van der Waals surface area contributed by atoms with Crippen LogP contribution in [-0.2, 0) is 6.54 Å². The number of hydrogen-bond donors (Lipinski definition) is 1. The van der Waals surface area contributed by atoms with Crippen LogP contribution in [0.25, 0.3) is 10.2 Å². The van der Waals surface area contributed by atoms with Crippen LogP contribution < -0.4 is 10.1 Å². The summed E-state index contributed by atoms with van der Waals surface area (Å²) in [6.07, 6.45) is 0. The summed E-state index contributed by atoms with van der Waals surface area (Å²) in [5.41, 5.74) is 2.11. The predicted octanol–water partition coefficient (Wildman–Crippen LogP) is 4.57. The van der Waals surface area contributed by atoms with Gasteiger partial charge in [-0.05, 0) is 11.6 Å². The van der Waals surface area contributed by atoms with Gasteiger partial charge in [-0.3, -0.25) is 0 Å². The summed E-state index contributed by atoms with van der Waals surface area (Å²) in [5, 5.41) is 4.80. The van der Waals surface area contributed by atoms with Crippen molar-refractivity contribution in [2.24, 2.45) is 0 Å². The van der Waals surface area contributed by atoms with Gasteiger partial charge in [0.05, 0.1) is 22.3 Å². The Bertz CT molecular complexity index is 727. The van der Waals surface area contributed by atoms with E-state index in [0.717, 1.165) is 21.9 Å². The second kappa shape index (κ2) is 5.69. The third-order valence-corrected chi connectivity index (χ3v) is 4.22. The van der Waals surface area contributed by atoms with Crippen LogP contribution in [0.4, 0.5) is 5.13 Å². The van der Waals surface area contributed by atoms with Crippen molar-refractivity contribution < 1.29 is 4.74 Å². The second-order valence-corrected chi connectivity index (χ2v) is 5.75. The van der Waals surface area contributed by atoms with Gasteiger partial charge in [0, 0.05) is 12.6 Å². The minimum absolute atomic E-state index is 0.583. The maximum Gasteiger partial charge on any atom is 0.184 e. The van der Waals surface area contributed by atoms with E-state index >= 15 is 0 Å². The topological polar surface area (TPSA) is 34.1 Å². The first-order valence-corrected chi connectivity index (χ1v) is 7.37. The van der Waals surface area contributed by atoms with E-state index in [1.807, 2.05) is 30.3 Å². The van der Waals surface area contributed by atoms with E-state index in [9.17, 15) is 0 Å². The van der Waals surface area contributed by atoms with Crippen LogP contribution in [0.1, 0.15) is 5.56 Å². The number of hydrogen-bond acceptors (Lipinski definition) is 4. The molecule has 0 aliphatic heterocycles. The molecule has 0 aliphatic carbocycles. The molecule has 3 aromatic rings. The monoisotopic (exact) mass is 304 g/mol. The molecule has 0 amide bonds. The average molecular weight is 305 g/mol. The maximum atomic E-state index is 6.10. The summed E-state index contributed by atoms with van der Waals surface area (Å²) in [6, 6.07) is 14.0. The first-order valence-electron chi connectivity index (χ1n) is 6.18. The van der Waals surface area contributed by atoms with E-state index in [1.54, 1.807) is 18.4 Å². The van der Waals surface area contributed by atoms with Crippen molar-refractivity contribution in [1.82, 2.24) is 4.98 Å². The van der Waals surface area contributed by atoms with Crippen LogP contribution in [0.5, 0.6) is 5.75 Å². The Morgan fingerprint density at radius 1 is 1.25 bits per heavy atom. The summed E-state index contributed by atoms with van der Waals surface area (Å²) in [7, 11) is 1.61. The number of thiazole rings is 1. The SMILES string of the molecule is COc1cc2sc(NCc3ccccc3)nc2cc1Cl. The van der Waals surface area contributed by atoms with Crippen LogP contribution in [0.15, 0.2) is 42.5 Å². The van der Waals surface area contributed by atoms with E-state index in [0.29, 0.717) is 10.8 Å². The van der Waals surface area contributed by atoms with Crippen LogP contribution in [0.2, 0.25) is 5.02 Å². The minimum Gasteiger partial charge on any atom is -0.495 e. The number of halogens is 1. The lowest BCUT2D eigenvalue weighted by Crippen LogP contribution is -1.97. The molecule has 0 saturated heterocycles. The number of ether oxygens (including phenoxy) is 1. The fourth-order valence-electron chi connectivity index (χ4n) is 1.94. The van der Waals surface area contributed by atoms with Crippen LogP contribution in [-0.4, -0.2) is 12.1 Å². The van der Waals surface area contributed by atoms with Gasteiger partial charge in [0.15, 0.2) is 5.13 Å². The van der Waals surface area contributed by atoms with E-state index in [2.05, 4.69) is 22.4 Å². The average Bonchev–Trinajstić information content (AvgIpc) is 2.87. The van der Waals surface area contributed by atoms with Gasteiger partial charge in [-0.2, -0.15) is 0 Å². The first-order chi connectivity index (χ1) is 9.76. The minimum atomic E-state index is 0.583. The van der Waals surface area contributed by atoms with Gasteiger partial charge in [-0.1, -0.05) is 53.3 Å². The fourth-order valence-corrected chi connectivity index (χ4v) is 3.04. The summed E-state index contributed by atoms with van der Waals surface area (Å²) < 4.78 is 6.28. The highest BCUT2D eigenvalue weighted by Crippen LogP contribution is 2.34. The Morgan fingerprint density at radius 2 is 2.05 bits per heavy atom. The molecule has 3 rings (SSSR count). The van der Waals surface area contributed by atoms with E-state index in [1.165, 1.54) is 5.56 Å². The molecule has 3 nitrogen and oxygen atoms in total. The smallest absolute Gasteiger partial charge is 0.184 e. The van der Waals surface area contributed by atoms with Crippen molar-refractivity contribution in [2.45, 2.75) is 6.54 Å². The Balaban J connectivity index is 1.82. The van der Waals surface area contributed by atoms with Gasteiger partial charge in [0.1, 0.15) is 5.75 Å². The third kappa shape index (κ3) is 2.71. The molecule has 0 bridgehead atoms. The Morgan fingerprint density at radius 3 is 2.80 bits per heavy atom. The molecule has 5 heteroatoms. The lowest BCUT2D eigenvalue weighted by molar-refractivity contribution is 0.415. The van der Waals surface area contributed by atoms with Gasteiger partial charge in [-0.25, -0.2) is 4.98 Å². The molecule has 1 N–H and O–H groups in total. The standard InChI is InChI=1S/C15H13ClN2OS/c1-19-13-8-14-12(7-11(13)16)18-15(20-14)17-9-10-5-3-2-4-6-10/h2-8H,9H2,1H3,(H,17,18). The molecular weight excluding hydrogens is 292 g/mol. The zero-order valence-electron chi connectivity index (χ0n) is 10.9. The molecule has 0 unspecified atom stereocenters. The van der Waals surface area contributed by atoms with Crippen molar-refractivity contribution in [3.05, 3.63) is 53.1 Å². The van der Waals surface area contributed by atoms with E-state index in [-0.39, 0.29) is 0 Å². The number of nitrogens with zero attached hydrogens (tertiary/aromatic N) is 1. The molecule has 20 heavy (non-hydrogen) atoms. The summed E-state index contributed by atoms with van der Waals surface area (Å²) in [5.74, 6) is 0.678. The quantitative estimate of drug-likeness (QED) is 0.766. The van der Waals surface area contributed by atoms with Crippen molar-refractivity contribution in [2.75, 3.05) is 12.4 Å². The molecule has 0 fully saturated rings. The van der Waals surface area contributed by atoms with Crippen LogP contribution >= 0.6 is 22.9 Å². The summed E-state index contributed by atoms with van der Waals surface area (Å²) in [4.78, 5) is 4.53. The van der Waals surface area contributed by atoms with Gasteiger partial charge in [0.2, 0.25) is 0 Å². The lowest BCUT2D eigenvalue weighted by atomic mass is 10.2. The van der Waals surface area contributed by atoms with Gasteiger partial charge < -0.3 is 10.1 Å². The zero-order valence-corrected chi connectivity index (χ0v) is 12.5. The van der Waals surface area contributed by atoms with E-state index in [4.69, 9.17) is 16.3 Å². The van der Waals surface area contributed by atoms with Crippen molar-refractivity contribution >= 4 is 38.3 Å². The molecular formula is C15H13ClN2OS. The fraction of sp³-hybridized carbons (Fsp3) is 0.133. The molecule has 0 atom stereocenters. The Hall–Kier alpha value is -1.78. The predicted molar refractivity (Wildman–Crippen MR) is 85.0 cm³/mol. The van der Waals surface area contributed by atoms with Crippen LogP contribution in [0, 0.1) is 0 Å². The largest absolute Gasteiger partial charge is 0.495 e. The molecule has 0 spiro atoms. The maximum absolute atomic E-state index is 6.10. The highest BCUT2D eigenvalue weighted by molar-refractivity contribution is 7.22. The molecule has 0 aliphatic rings. The molecule has 102 valence electrons. The number of nitrogens with one attached hydrogen (secondary N) is 1. The molecule has 1 heterocycles. The van der Waals surface area contributed by atoms with Crippen molar-refractivity contribution in [1.29, 1.82) is 0 Å². The number of fused-ring (bicyclic) bond motifs is 1. The number of benzene rings is 2. The van der Waals surface area contributed by atoms with Gasteiger partial charge in [0.25, 0.3) is 0 Å². The normalized spacial score (nSPS) is 10.7. The van der Waals surface area contributed by atoms with Crippen molar-refractivity contribution in [3.8, 4) is 5.75 Å². The highest BCUT2D eigenvalue weighted by atomic mass is 35.5. The highest BCUT2D eigenvalue weighted by Gasteiger charge is 2.08. The number of anilines is 1. The molecule has 0 saturated carbocycles. The number of aromatic nitrogens is 1. The molecule has 1 aromatic heterocycles. The number of rotatable bonds is 4. The Kier molecular flexibility index (Phi) is 3.76. The summed E-state index contributed by atoms with van der Waals surface area (Å²) in [6.45, 7) is 0.755. The second-order valence-electron chi connectivity index (χ2n) is 4.31. The van der Waals surface area contributed by atoms with E-state index < -0.39 is 0 Å². The zero-order chi connectivity index (χ0) is 13.9. The van der Waals surface area contributed by atoms with Gasteiger partial charge in [-0.15, -0.1) is 0 Å².